The predicted octanol–water partition coefficient (Wildman–Crippen LogP) is 1.20. The first kappa shape index (κ1) is 16.3. The van der Waals surface area contributed by atoms with Crippen molar-refractivity contribution >= 4 is 17.5 Å². The number of piperidine rings is 1. The van der Waals surface area contributed by atoms with Gasteiger partial charge in [0.1, 0.15) is 0 Å². The van der Waals surface area contributed by atoms with Crippen molar-refractivity contribution in [3.05, 3.63) is 16.4 Å². The van der Waals surface area contributed by atoms with Crippen LogP contribution in [0.3, 0.4) is 0 Å². The molecule has 3 N–H and O–H groups in total. The van der Waals surface area contributed by atoms with E-state index < -0.39 is 0 Å². The fourth-order valence-corrected chi connectivity index (χ4v) is 2.83. The lowest BCUT2D eigenvalue weighted by Crippen LogP contribution is -2.38. The van der Waals surface area contributed by atoms with Crippen molar-refractivity contribution in [2.45, 2.75) is 26.2 Å². The Morgan fingerprint density at radius 3 is 3.10 bits per heavy atom. The Labute approximate surface area is 129 Å². The molecule has 2 heterocycles. The van der Waals surface area contributed by atoms with Crippen LogP contribution in [0.2, 0.25) is 5.02 Å². The number of aliphatic hydroxyl groups is 1. The average molecular weight is 315 g/mol. The van der Waals surface area contributed by atoms with Crippen LogP contribution in [0.1, 0.15) is 35.4 Å². The molecular weight excluding hydrogens is 292 g/mol. The predicted molar refractivity (Wildman–Crippen MR) is 81.5 cm³/mol. The van der Waals surface area contributed by atoms with E-state index in [9.17, 15) is 9.90 Å². The number of hydrogen-bond donors (Lipinski definition) is 3. The van der Waals surface area contributed by atoms with Crippen LogP contribution in [0.5, 0.6) is 0 Å². The minimum absolute atomic E-state index is 0.240. The minimum Gasteiger partial charge on any atom is -0.396 e. The Bertz CT molecular complexity index is 478. The third-order valence-electron chi connectivity index (χ3n) is 3.89. The molecule has 6 nitrogen and oxygen atoms in total. The van der Waals surface area contributed by atoms with Gasteiger partial charge in [0.2, 0.25) is 0 Å². The summed E-state index contributed by atoms with van der Waals surface area (Å²) in [5.41, 5.74) is 0.956. The fourth-order valence-electron chi connectivity index (χ4n) is 2.66. The Kier molecular flexibility index (Phi) is 6.02. The van der Waals surface area contributed by atoms with Gasteiger partial charge >= 0.3 is 0 Å². The molecular formula is C14H23ClN4O2. The Hall–Kier alpha value is -1.11. The molecule has 118 valence electrons. The van der Waals surface area contributed by atoms with Gasteiger partial charge in [-0.15, -0.1) is 0 Å². The zero-order chi connectivity index (χ0) is 15.2. The maximum atomic E-state index is 11.9. The van der Waals surface area contributed by atoms with Crippen molar-refractivity contribution in [2.75, 3.05) is 32.8 Å². The molecule has 1 aliphatic heterocycles. The number of amides is 1. The van der Waals surface area contributed by atoms with Crippen LogP contribution in [-0.2, 0) is 0 Å². The van der Waals surface area contributed by atoms with E-state index in [0.717, 1.165) is 38.9 Å². The molecule has 0 spiro atoms. The van der Waals surface area contributed by atoms with Crippen LogP contribution in [0.4, 0.5) is 0 Å². The molecule has 2 rings (SSSR count). The molecule has 1 unspecified atom stereocenters. The molecule has 21 heavy (non-hydrogen) atoms. The lowest BCUT2D eigenvalue weighted by atomic mass is 9.99. The number of carbonyl (C=O) groups excluding carboxylic acids is 1. The fraction of sp³-hybridized carbons (Fsp3) is 0.714. The third kappa shape index (κ3) is 4.43. The van der Waals surface area contributed by atoms with Crippen molar-refractivity contribution in [1.82, 2.24) is 20.4 Å². The van der Waals surface area contributed by atoms with Gasteiger partial charge in [-0.1, -0.05) is 11.6 Å². The van der Waals surface area contributed by atoms with E-state index in [2.05, 4.69) is 20.4 Å². The van der Waals surface area contributed by atoms with Crippen LogP contribution in [0, 0.1) is 12.8 Å². The van der Waals surface area contributed by atoms with Crippen LogP contribution in [-0.4, -0.2) is 58.9 Å². The van der Waals surface area contributed by atoms with Gasteiger partial charge in [0, 0.05) is 19.7 Å². The molecule has 0 saturated carbocycles. The molecule has 1 atom stereocenters. The topological polar surface area (TPSA) is 81.2 Å². The molecule has 1 aromatic rings. The second-order valence-electron chi connectivity index (χ2n) is 5.61. The number of carbonyl (C=O) groups is 1. The van der Waals surface area contributed by atoms with Gasteiger partial charge in [0.15, 0.2) is 5.69 Å². The molecule has 1 amide bonds. The number of likely N-dealkylation sites (tertiary alicyclic amines) is 1. The first-order valence-electron chi connectivity index (χ1n) is 7.43. The van der Waals surface area contributed by atoms with Crippen molar-refractivity contribution in [1.29, 1.82) is 0 Å². The quantitative estimate of drug-likeness (QED) is 0.689. The van der Waals surface area contributed by atoms with Gasteiger partial charge in [0.05, 0.1) is 10.7 Å². The highest BCUT2D eigenvalue weighted by molar-refractivity contribution is 6.34. The number of aliphatic hydroxyl groups excluding tert-OH is 1. The molecule has 1 aliphatic rings. The van der Waals surface area contributed by atoms with Crippen LogP contribution in [0.15, 0.2) is 0 Å². The molecule has 0 bridgehead atoms. The monoisotopic (exact) mass is 314 g/mol. The summed E-state index contributed by atoms with van der Waals surface area (Å²) in [7, 11) is 0. The molecule has 7 heteroatoms. The number of halogens is 1. The second-order valence-corrected chi connectivity index (χ2v) is 5.99. The summed E-state index contributed by atoms with van der Waals surface area (Å²) >= 11 is 5.98. The number of rotatable bonds is 6. The summed E-state index contributed by atoms with van der Waals surface area (Å²) in [4.78, 5) is 14.3. The highest BCUT2D eigenvalue weighted by Gasteiger charge is 2.19. The number of aromatic amines is 1. The molecule has 1 fully saturated rings. The average Bonchev–Trinajstić information content (AvgIpc) is 2.83. The van der Waals surface area contributed by atoms with Crippen molar-refractivity contribution in [3.8, 4) is 0 Å². The molecule has 0 aliphatic carbocycles. The van der Waals surface area contributed by atoms with Gasteiger partial charge in [0.25, 0.3) is 5.91 Å². The standard InChI is InChI=1S/C14H23ClN4O2/c1-10-12(15)13(18-17-10)14(21)16-5-3-7-19-6-2-4-11(8-19)9-20/h11,20H,2-9H2,1H3,(H,16,21)(H,17,18). The van der Waals surface area contributed by atoms with Gasteiger partial charge in [-0.25, -0.2) is 0 Å². The number of aromatic nitrogens is 2. The van der Waals surface area contributed by atoms with Crippen LogP contribution >= 0.6 is 11.6 Å². The zero-order valence-electron chi connectivity index (χ0n) is 12.4. The molecule has 0 aromatic carbocycles. The first-order valence-corrected chi connectivity index (χ1v) is 7.81. The maximum absolute atomic E-state index is 11.9. The number of H-pyrrole nitrogens is 1. The number of hydrogen-bond acceptors (Lipinski definition) is 4. The second kappa shape index (κ2) is 7.77. The van der Waals surface area contributed by atoms with Crippen molar-refractivity contribution in [3.63, 3.8) is 0 Å². The van der Waals surface area contributed by atoms with E-state index in [1.165, 1.54) is 0 Å². The normalized spacial score (nSPS) is 19.7. The zero-order valence-corrected chi connectivity index (χ0v) is 13.1. The van der Waals surface area contributed by atoms with Gasteiger partial charge < -0.3 is 15.3 Å². The van der Waals surface area contributed by atoms with Gasteiger partial charge in [-0.3, -0.25) is 9.89 Å². The number of nitrogens with one attached hydrogen (secondary N) is 2. The highest BCUT2D eigenvalue weighted by atomic mass is 35.5. The van der Waals surface area contributed by atoms with Gasteiger partial charge in [-0.05, 0) is 45.2 Å². The molecule has 0 radical (unpaired) electrons. The molecule has 1 saturated heterocycles. The van der Waals surface area contributed by atoms with Crippen LogP contribution < -0.4 is 5.32 Å². The van der Waals surface area contributed by atoms with E-state index in [1.807, 2.05) is 0 Å². The Morgan fingerprint density at radius 2 is 2.43 bits per heavy atom. The summed E-state index contributed by atoms with van der Waals surface area (Å²) < 4.78 is 0. The smallest absolute Gasteiger partial charge is 0.273 e. The summed E-state index contributed by atoms with van der Waals surface area (Å²) in [6.45, 7) is 5.61. The Morgan fingerprint density at radius 1 is 1.62 bits per heavy atom. The minimum atomic E-state index is -0.240. The summed E-state index contributed by atoms with van der Waals surface area (Å²) in [6.07, 6.45) is 3.13. The number of aryl methyl sites for hydroxylation is 1. The lowest BCUT2D eigenvalue weighted by molar-refractivity contribution is 0.0941. The summed E-state index contributed by atoms with van der Waals surface area (Å²) in [6, 6.07) is 0. The highest BCUT2D eigenvalue weighted by Crippen LogP contribution is 2.17. The van der Waals surface area contributed by atoms with E-state index in [-0.39, 0.29) is 18.2 Å². The van der Waals surface area contributed by atoms with E-state index in [0.29, 0.717) is 23.2 Å². The third-order valence-corrected chi connectivity index (χ3v) is 4.35. The van der Waals surface area contributed by atoms with E-state index in [1.54, 1.807) is 6.92 Å². The summed E-state index contributed by atoms with van der Waals surface area (Å²) in [5, 5.41) is 19.0. The first-order chi connectivity index (χ1) is 10.1. The Balaban J connectivity index is 1.68. The van der Waals surface area contributed by atoms with Crippen molar-refractivity contribution < 1.29 is 9.90 Å². The van der Waals surface area contributed by atoms with E-state index >= 15 is 0 Å². The van der Waals surface area contributed by atoms with E-state index in [4.69, 9.17) is 11.6 Å². The number of nitrogens with zero attached hydrogens (tertiary/aromatic N) is 2. The maximum Gasteiger partial charge on any atom is 0.273 e. The summed E-state index contributed by atoms with van der Waals surface area (Å²) in [5.74, 6) is 0.162. The SMILES string of the molecule is Cc1[nH]nc(C(=O)NCCCN2CCCC(CO)C2)c1Cl. The van der Waals surface area contributed by atoms with Crippen LogP contribution in [0.25, 0.3) is 0 Å². The van der Waals surface area contributed by atoms with Crippen molar-refractivity contribution in [2.24, 2.45) is 5.92 Å². The largest absolute Gasteiger partial charge is 0.396 e. The molecule has 1 aromatic heterocycles. The lowest BCUT2D eigenvalue weighted by Gasteiger charge is -2.31. The van der Waals surface area contributed by atoms with Gasteiger partial charge in [-0.2, -0.15) is 5.10 Å².